The third-order valence-electron chi connectivity index (χ3n) is 3.12. The second-order valence-electron chi connectivity index (χ2n) is 4.69. The van der Waals surface area contributed by atoms with E-state index in [1.807, 2.05) is 13.0 Å². The molecule has 0 bridgehead atoms. The molecule has 0 spiro atoms. The van der Waals surface area contributed by atoms with Crippen molar-refractivity contribution in [3.05, 3.63) is 63.9 Å². The summed E-state index contributed by atoms with van der Waals surface area (Å²) in [4.78, 5) is 0. The van der Waals surface area contributed by atoms with Crippen molar-refractivity contribution in [3.63, 3.8) is 0 Å². The van der Waals surface area contributed by atoms with E-state index < -0.39 is 6.10 Å². The lowest BCUT2D eigenvalue weighted by Crippen LogP contribution is -2.01. The first-order valence-electron chi connectivity index (χ1n) is 6.33. The highest BCUT2D eigenvalue weighted by Gasteiger charge is 2.09. The van der Waals surface area contributed by atoms with Gasteiger partial charge in [-0.1, -0.05) is 23.7 Å². The summed E-state index contributed by atoms with van der Waals surface area (Å²) in [6, 6.07) is 9.95. The summed E-state index contributed by atoms with van der Waals surface area (Å²) in [5.41, 5.74) is 2.04. The molecule has 2 nitrogen and oxygen atoms in total. The molecule has 0 radical (unpaired) electrons. The predicted molar refractivity (Wildman–Crippen MR) is 77.6 cm³/mol. The molecule has 0 unspecified atom stereocenters. The van der Waals surface area contributed by atoms with E-state index in [0.29, 0.717) is 16.3 Å². The van der Waals surface area contributed by atoms with E-state index in [1.54, 1.807) is 31.2 Å². The monoisotopic (exact) mass is 294 g/mol. The Morgan fingerprint density at radius 1 is 1.30 bits per heavy atom. The molecular weight excluding hydrogens is 279 g/mol. The maximum absolute atomic E-state index is 13.6. The fourth-order valence-electron chi connectivity index (χ4n) is 1.91. The summed E-state index contributed by atoms with van der Waals surface area (Å²) in [6.07, 6.45) is -0.524. The molecule has 2 aromatic carbocycles. The number of halogens is 2. The van der Waals surface area contributed by atoms with Gasteiger partial charge in [-0.25, -0.2) is 4.39 Å². The van der Waals surface area contributed by atoms with Gasteiger partial charge < -0.3 is 9.84 Å². The van der Waals surface area contributed by atoms with Gasteiger partial charge in [-0.05, 0) is 49.2 Å². The quantitative estimate of drug-likeness (QED) is 0.904. The molecule has 2 aromatic rings. The van der Waals surface area contributed by atoms with Crippen molar-refractivity contribution in [2.45, 2.75) is 26.6 Å². The highest BCUT2D eigenvalue weighted by Crippen LogP contribution is 2.25. The molecule has 20 heavy (non-hydrogen) atoms. The third kappa shape index (κ3) is 3.30. The van der Waals surface area contributed by atoms with Gasteiger partial charge in [-0.15, -0.1) is 0 Å². The highest BCUT2D eigenvalue weighted by molar-refractivity contribution is 6.31. The van der Waals surface area contributed by atoms with E-state index in [1.165, 1.54) is 6.07 Å². The summed E-state index contributed by atoms with van der Waals surface area (Å²) in [5.74, 6) is 0.268. The standard InChI is InChI=1S/C16H16ClFO2/c1-10-8-12(11(2)19)6-7-16(10)20-9-13-14(17)4-3-5-15(13)18/h3-8,11,19H,9H2,1-2H3/t11-/m1/s1. The second-order valence-corrected chi connectivity index (χ2v) is 5.10. The SMILES string of the molecule is Cc1cc([C@@H](C)O)ccc1OCc1c(F)cccc1Cl. The van der Waals surface area contributed by atoms with Crippen molar-refractivity contribution >= 4 is 11.6 Å². The van der Waals surface area contributed by atoms with Crippen molar-refractivity contribution in [1.82, 2.24) is 0 Å². The minimum absolute atomic E-state index is 0.0698. The van der Waals surface area contributed by atoms with Crippen LogP contribution in [0.15, 0.2) is 36.4 Å². The number of hydrogen-bond donors (Lipinski definition) is 1. The molecule has 0 aromatic heterocycles. The predicted octanol–water partition coefficient (Wildman–Crippen LogP) is 4.42. The van der Waals surface area contributed by atoms with Gasteiger partial charge in [-0.3, -0.25) is 0 Å². The average Bonchev–Trinajstić information content (AvgIpc) is 2.39. The average molecular weight is 295 g/mol. The number of ether oxygens (including phenoxy) is 1. The molecule has 106 valence electrons. The highest BCUT2D eigenvalue weighted by atomic mass is 35.5. The van der Waals surface area contributed by atoms with Gasteiger partial charge in [0.2, 0.25) is 0 Å². The molecule has 0 heterocycles. The molecule has 1 N–H and O–H groups in total. The van der Waals surface area contributed by atoms with Crippen LogP contribution in [0.25, 0.3) is 0 Å². The van der Waals surface area contributed by atoms with Crippen LogP contribution in [0.3, 0.4) is 0 Å². The summed E-state index contributed by atoms with van der Waals surface area (Å²) in [7, 11) is 0. The number of benzene rings is 2. The third-order valence-corrected chi connectivity index (χ3v) is 3.47. The van der Waals surface area contributed by atoms with Crippen LogP contribution in [-0.4, -0.2) is 5.11 Å². The number of aliphatic hydroxyl groups is 1. The zero-order valence-corrected chi connectivity index (χ0v) is 12.1. The van der Waals surface area contributed by atoms with Gasteiger partial charge in [0.15, 0.2) is 0 Å². The van der Waals surface area contributed by atoms with Crippen LogP contribution in [0, 0.1) is 12.7 Å². The fourth-order valence-corrected chi connectivity index (χ4v) is 2.13. The minimum atomic E-state index is -0.524. The van der Waals surface area contributed by atoms with Gasteiger partial charge in [-0.2, -0.15) is 0 Å². The lowest BCUT2D eigenvalue weighted by molar-refractivity contribution is 0.199. The van der Waals surface area contributed by atoms with Crippen LogP contribution < -0.4 is 4.74 Å². The van der Waals surface area contributed by atoms with Crippen molar-refractivity contribution in [3.8, 4) is 5.75 Å². The maximum atomic E-state index is 13.6. The summed E-state index contributed by atoms with van der Waals surface area (Å²) < 4.78 is 19.2. The Bertz CT molecular complexity index is 591. The molecule has 0 amide bonds. The smallest absolute Gasteiger partial charge is 0.131 e. The first kappa shape index (κ1) is 14.8. The number of aliphatic hydroxyl groups excluding tert-OH is 1. The van der Waals surface area contributed by atoms with E-state index in [-0.39, 0.29) is 12.4 Å². The minimum Gasteiger partial charge on any atom is -0.488 e. The molecule has 0 saturated heterocycles. The zero-order valence-electron chi connectivity index (χ0n) is 11.4. The summed E-state index contributed by atoms with van der Waals surface area (Å²) >= 11 is 5.95. The number of aryl methyl sites for hydroxylation is 1. The molecule has 0 fully saturated rings. The molecule has 0 aliphatic carbocycles. The topological polar surface area (TPSA) is 29.5 Å². The Morgan fingerprint density at radius 3 is 2.65 bits per heavy atom. The largest absolute Gasteiger partial charge is 0.488 e. The van der Waals surface area contributed by atoms with Crippen molar-refractivity contribution in [2.24, 2.45) is 0 Å². The maximum Gasteiger partial charge on any atom is 0.131 e. The van der Waals surface area contributed by atoms with Crippen molar-refractivity contribution < 1.29 is 14.2 Å². The second kappa shape index (κ2) is 6.25. The Labute approximate surface area is 122 Å². The van der Waals surface area contributed by atoms with Gasteiger partial charge in [0.05, 0.1) is 11.1 Å². The van der Waals surface area contributed by atoms with Gasteiger partial charge in [0.25, 0.3) is 0 Å². The Morgan fingerprint density at radius 2 is 2.05 bits per heavy atom. The van der Waals surface area contributed by atoms with Crippen LogP contribution >= 0.6 is 11.6 Å². The van der Waals surface area contributed by atoms with Crippen LogP contribution in [0.4, 0.5) is 4.39 Å². The van der Waals surface area contributed by atoms with E-state index in [0.717, 1.165) is 11.1 Å². The fraction of sp³-hybridized carbons (Fsp3) is 0.250. The first-order valence-corrected chi connectivity index (χ1v) is 6.71. The van der Waals surface area contributed by atoms with E-state index in [4.69, 9.17) is 16.3 Å². The Hall–Kier alpha value is -1.58. The number of hydrogen-bond acceptors (Lipinski definition) is 2. The summed E-state index contributed by atoms with van der Waals surface area (Å²) in [6.45, 7) is 3.65. The van der Waals surface area contributed by atoms with Crippen LogP contribution in [0.1, 0.15) is 29.7 Å². The van der Waals surface area contributed by atoms with Crippen LogP contribution in [0.5, 0.6) is 5.75 Å². The first-order chi connectivity index (χ1) is 9.49. The molecule has 4 heteroatoms. The number of rotatable bonds is 4. The molecule has 0 saturated carbocycles. The summed E-state index contributed by atoms with van der Waals surface area (Å²) in [5, 5.41) is 9.86. The van der Waals surface area contributed by atoms with Crippen LogP contribution in [-0.2, 0) is 6.61 Å². The van der Waals surface area contributed by atoms with E-state index >= 15 is 0 Å². The van der Waals surface area contributed by atoms with Gasteiger partial charge in [0, 0.05) is 5.56 Å². The van der Waals surface area contributed by atoms with E-state index in [9.17, 15) is 9.50 Å². The Balaban J connectivity index is 2.15. The molecule has 0 aliphatic heterocycles. The molecular formula is C16H16ClFO2. The Kier molecular flexibility index (Phi) is 4.63. The van der Waals surface area contributed by atoms with Crippen molar-refractivity contribution in [2.75, 3.05) is 0 Å². The van der Waals surface area contributed by atoms with Gasteiger partial charge in [0.1, 0.15) is 18.2 Å². The van der Waals surface area contributed by atoms with Crippen LogP contribution in [0.2, 0.25) is 5.02 Å². The van der Waals surface area contributed by atoms with E-state index in [2.05, 4.69) is 0 Å². The molecule has 2 rings (SSSR count). The molecule has 0 aliphatic rings. The molecule has 1 atom stereocenters. The normalized spacial score (nSPS) is 12.2. The van der Waals surface area contributed by atoms with Gasteiger partial charge >= 0.3 is 0 Å². The lowest BCUT2D eigenvalue weighted by Gasteiger charge is -2.13. The lowest BCUT2D eigenvalue weighted by atomic mass is 10.1. The van der Waals surface area contributed by atoms with Crippen molar-refractivity contribution in [1.29, 1.82) is 0 Å². The zero-order chi connectivity index (χ0) is 14.7.